The number of aliphatic hydroxyl groups excluding tert-OH is 1. The minimum Gasteiger partial charge on any atom is -0.389 e. The number of benzene rings is 1. The molecule has 1 aliphatic carbocycles. The normalized spacial score (nSPS) is 25.3. The third-order valence-electron chi connectivity index (χ3n) is 5.89. The molecular weight excluding hydrogens is 397 g/mol. The highest BCUT2D eigenvalue weighted by Gasteiger charge is 2.46. The molecule has 0 bridgehead atoms. The lowest BCUT2D eigenvalue weighted by molar-refractivity contribution is -0.157. The molecule has 162 valence electrons. The lowest BCUT2D eigenvalue weighted by Gasteiger charge is -2.46. The Morgan fingerprint density at radius 3 is 2.63 bits per heavy atom. The Balaban J connectivity index is 1.51. The third kappa shape index (κ3) is 4.52. The van der Waals surface area contributed by atoms with Crippen molar-refractivity contribution in [3.8, 4) is 0 Å². The van der Waals surface area contributed by atoms with E-state index in [0.29, 0.717) is 31.1 Å². The zero-order valence-corrected chi connectivity index (χ0v) is 16.5. The summed E-state index contributed by atoms with van der Waals surface area (Å²) in [7, 11) is 0. The topological polar surface area (TPSA) is 70.4 Å². The van der Waals surface area contributed by atoms with Crippen molar-refractivity contribution < 1.29 is 23.1 Å². The van der Waals surface area contributed by atoms with E-state index in [-0.39, 0.29) is 6.54 Å². The summed E-state index contributed by atoms with van der Waals surface area (Å²) in [5, 5.41) is 13.6. The largest absolute Gasteiger partial charge is 0.397 e. The van der Waals surface area contributed by atoms with Crippen LogP contribution in [0.4, 0.5) is 13.2 Å². The van der Waals surface area contributed by atoms with Gasteiger partial charge in [0.1, 0.15) is 12.2 Å². The molecule has 2 aromatic rings. The lowest BCUT2D eigenvalue weighted by Crippen LogP contribution is -2.62. The van der Waals surface area contributed by atoms with Crippen molar-refractivity contribution in [2.75, 3.05) is 13.1 Å². The fraction of sp³-hybridized carbons (Fsp3) is 0.524. The number of carbonyl (C=O) groups is 1. The summed E-state index contributed by atoms with van der Waals surface area (Å²) in [6, 6.07) is 9.23. The molecule has 6 nitrogen and oxygen atoms in total. The monoisotopic (exact) mass is 422 g/mol. The van der Waals surface area contributed by atoms with Crippen molar-refractivity contribution in [1.29, 1.82) is 0 Å². The van der Waals surface area contributed by atoms with Gasteiger partial charge in [-0.1, -0.05) is 30.3 Å². The molecule has 2 N–H and O–H groups in total. The Bertz CT molecular complexity index is 882. The smallest absolute Gasteiger partial charge is 0.389 e. The molecule has 0 unspecified atom stereocenters. The van der Waals surface area contributed by atoms with Gasteiger partial charge in [0, 0.05) is 31.5 Å². The van der Waals surface area contributed by atoms with E-state index in [1.807, 2.05) is 11.1 Å². The number of aliphatic hydroxyl groups is 1. The number of hydrogen-bond donors (Lipinski definition) is 2. The molecule has 9 heteroatoms. The van der Waals surface area contributed by atoms with E-state index >= 15 is 0 Å². The number of imidazole rings is 1. The van der Waals surface area contributed by atoms with E-state index in [9.17, 15) is 23.1 Å². The summed E-state index contributed by atoms with van der Waals surface area (Å²) in [6.45, 7) is 1.27. The zero-order valence-electron chi connectivity index (χ0n) is 16.5. The van der Waals surface area contributed by atoms with Crippen molar-refractivity contribution >= 4 is 5.91 Å². The zero-order chi connectivity index (χ0) is 21.4. The van der Waals surface area contributed by atoms with Gasteiger partial charge in [0.15, 0.2) is 0 Å². The van der Waals surface area contributed by atoms with Crippen molar-refractivity contribution in [3.63, 3.8) is 0 Å². The average molecular weight is 422 g/mol. The second-order valence-electron chi connectivity index (χ2n) is 8.16. The lowest BCUT2D eigenvalue weighted by atomic mass is 9.78. The maximum atomic E-state index is 12.7. The fourth-order valence-corrected chi connectivity index (χ4v) is 4.25. The van der Waals surface area contributed by atoms with Crippen molar-refractivity contribution in [1.82, 2.24) is 19.8 Å². The molecule has 2 aliphatic rings. The summed E-state index contributed by atoms with van der Waals surface area (Å²) < 4.78 is 40.3. The van der Waals surface area contributed by atoms with E-state index in [0.717, 1.165) is 18.7 Å². The highest BCUT2D eigenvalue weighted by atomic mass is 19.4. The third-order valence-corrected chi connectivity index (χ3v) is 5.89. The molecular formula is C21H25F3N4O2. The molecule has 2 fully saturated rings. The number of piperidine rings is 1. The van der Waals surface area contributed by atoms with Gasteiger partial charge >= 0.3 is 6.18 Å². The highest BCUT2D eigenvalue weighted by molar-refractivity contribution is 5.78. The van der Waals surface area contributed by atoms with Gasteiger partial charge in [0.2, 0.25) is 5.91 Å². The number of nitrogens with one attached hydrogen (secondary N) is 1. The number of alkyl halides is 3. The van der Waals surface area contributed by atoms with Crippen LogP contribution < -0.4 is 5.32 Å². The van der Waals surface area contributed by atoms with E-state index in [1.165, 1.54) is 0 Å². The standard InChI is InChI=1S/C21H25F3N4O2/c22-21(23,24)12-19(30)26-20(15-4-2-1-3-5-15)8-10-27(13-17(20)29)14-18-25-9-11-28(18)16-6-7-16/h1-5,9,11,16-17,29H,6-8,10,12-14H2,(H,26,30)/t17-,20+/m1/s1. The first-order chi connectivity index (χ1) is 14.3. The van der Waals surface area contributed by atoms with Crippen LogP contribution in [0.2, 0.25) is 0 Å². The van der Waals surface area contributed by atoms with Crippen LogP contribution in [0.15, 0.2) is 42.7 Å². The average Bonchev–Trinajstić information content (AvgIpc) is 3.42. The molecule has 1 aliphatic heterocycles. The Labute approximate surface area is 172 Å². The second-order valence-corrected chi connectivity index (χ2v) is 8.16. The Morgan fingerprint density at radius 2 is 2.00 bits per heavy atom. The number of likely N-dealkylation sites (tertiary alicyclic amines) is 1. The number of halogens is 3. The molecule has 2 heterocycles. The quantitative estimate of drug-likeness (QED) is 0.751. The van der Waals surface area contributed by atoms with Crippen LogP contribution in [0.3, 0.4) is 0 Å². The molecule has 2 atom stereocenters. The Morgan fingerprint density at radius 1 is 1.27 bits per heavy atom. The van der Waals surface area contributed by atoms with Crippen LogP contribution in [0.5, 0.6) is 0 Å². The van der Waals surface area contributed by atoms with E-state index in [2.05, 4.69) is 14.9 Å². The summed E-state index contributed by atoms with van der Waals surface area (Å²) in [5.74, 6) is -0.221. The molecule has 0 radical (unpaired) electrons. The molecule has 1 amide bonds. The number of rotatable bonds is 6. The van der Waals surface area contributed by atoms with Crippen molar-refractivity contribution in [2.45, 2.75) is 56.1 Å². The maximum Gasteiger partial charge on any atom is 0.397 e. The van der Waals surface area contributed by atoms with Crippen LogP contribution in [-0.2, 0) is 16.9 Å². The summed E-state index contributed by atoms with van der Waals surface area (Å²) >= 11 is 0. The van der Waals surface area contributed by atoms with Crippen LogP contribution in [0.25, 0.3) is 0 Å². The number of hydrogen-bond acceptors (Lipinski definition) is 4. The second kappa shape index (κ2) is 8.03. The molecule has 30 heavy (non-hydrogen) atoms. The van der Waals surface area contributed by atoms with Crippen molar-refractivity contribution in [3.05, 3.63) is 54.1 Å². The molecule has 1 aromatic carbocycles. The van der Waals surface area contributed by atoms with Gasteiger partial charge < -0.3 is 15.0 Å². The summed E-state index contributed by atoms with van der Waals surface area (Å²) in [4.78, 5) is 18.6. The van der Waals surface area contributed by atoms with Gasteiger partial charge in [-0.25, -0.2) is 4.98 Å². The van der Waals surface area contributed by atoms with E-state index < -0.39 is 30.1 Å². The first-order valence-electron chi connectivity index (χ1n) is 10.1. The minimum absolute atomic E-state index is 0.221. The van der Waals surface area contributed by atoms with Crippen molar-refractivity contribution in [2.24, 2.45) is 0 Å². The summed E-state index contributed by atoms with van der Waals surface area (Å²) in [5.41, 5.74) is -0.654. The van der Waals surface area contributed by atoms with Gasteiger partial charge in [-0.05, 0) is 24.8 Å². The van der Waals surface area contributed by atoms with E-state index in [4.69, 9.17) is 0 Å². The predicted octanol–water partition coefficient (Wildman–Crippen LogP) is 2.75. The molecule has 4 rings (SSSR count). The number of β-amino-alcohol motifs (C(OH)–C–C–N with tert-alkyl or cyclic N) is 1. The highest BCUT2D eigenvalue weighted by Crippen LogP contribution is 2.37. The van der Waals surface area contributed by atoms with Crippen LogP contribution in [0.1, 0.15) is 43.1 Å². The molecule has 1 saturated heterocycles. The molecule has 1 aromatic heterocycles. The number of nitrogens with zero attached hydrogens (tertiary/aromatic N) is 3. The number of aromatic nitrogens is 2. The van der Waals surface area contributed by atoms with Crippen LogP contribution in [-0.4, -0.2) is 50.8 Å². The van der Waals surface area contributed by atoms with E-state index in [1.54, 1.807) is 36.5 Å². The molecule has 1 saturated carbocycles. The minimum atomic E-state index is -4.60. The van der Waals surface area contributed by atoms with Gasteiger partial charge in [0.25, 0.3) is 0 Å². The SMILES string of the molecule is O=C(CC(F)(F)F)N[C@]1(c2ccccc2)CCN(Cc2nccn2C2CC2)C[C@H]1O. The fourth-order valence-electron chi connectivity index (χ4n) is 4.25. The Hall–Kier alpha value is -2.39. The Kier molecular flexibility index (Phi) is 5.59. The van der Waals surface area contributed by atoms with Gasteiger partial charge in [-0.3, -0.25) is 9.69 Å². The first-order valence-corrected chi connectivity index (χ1v) is 10.1. The predicted molar refractivity (Wildman–Crippen MR) is 103 cm³/mol. The van der Waals surface area contributed by atoms with Crippen LogP contribution in [0, 0.1) is 0 Å². The number of amides is 1. The van der Waals surface area contributed by atoms with Gasteiger partial charge in [-0.15, -0.1) is 0 Å². The summed E-state index contributed by atoms with van der Waals surface area (Å²) in [6.07, 6.45) is -0.951. The first kappa shape index (κ1) is 20.9. The van der Waals surface area contributed by atoms with Gasteiger partial charge in [0.05, 0.1) is 18.2 Å². The maximum absolute atomic E-state index is 12.7. The van der Waals surface area contributed by atoms with Gasteiger partial charge in [-0.2, -0.15) is 13.2 Å². The van der Waals surface area contributed by atoms with Crippen LogP contribution >= 0.6 is 0 Å². The number of carbonyl (C=O) groups excluding carboxylic acids is 1. The molecule has 0 spiro atoms.